The number of carbonyl (C=O) groups is 2. The lowest BCUT2D eigenvalue weighted by Gasteiger charge is -2.21. The molecule has 28 heavy (non-hydrogen) atoms. The van der Waals surface area contributed by atoms with Gasteiger partial charge in [0.25, 0.3) is 0 Å². The monoisotopic (exact) mass is 400 g/mol. The molecule has 10 heteroatoms. The summed E-state index contributed by atoms with van der Waals surface area (Å²) in [4.78, 5) is 32.5. The van der Waals surface area contributed by atoms with Gasteiger partial charge in [-0.1, -0.05) is 0 Å². The second kappa shape index (κ2) is 8.87. The highest BCUT2D eigenvalue weighted by Gasteiger charge is 2.38. The van der Waals surface area contributed by atoms with E-state index in [0.717, 1.165) is 36.9 Å². The van der Waals surface area contributed by atoms with Gasteiger partial charge in [0.2, 0.25) is 5.91 Å². The van der Waals surface area contributed by atoms with E-state index in [9.17, 15) is 22.8 Å². The van der Waals surface area contributed by atoms with Gasteiger partial charge in [0, 0.05) is 29.1 Å². The minimum absolute atomic E-state index is 0.0332. The summed E-state index contributed by atoms with van der Waals surface area (Å²) in [5.74, 6) is -2.68. The van der Waals surface area contributed by atoms with E-state index in [0.29, 0.717) is 11.3 Å². The summed E-state index contributed by atoms with van der Waals surface area (Å²) in [5, 5.41) is 14.2. The van der Waals surface area contributed by atoms with Gasteiger partial charge >= 0.3 is 17.8 Å². The van der Waals surface area contributed by atoms with Crippen molar-refractivity contribution in [2.24, 2.45) is 5.92 Å². The van der Waals surface area contributed by atoms with Crippen LogP contribution < -0.4 is 16.3 Å². The molecule has 1 amide bonds. The summed E-state index contributed by atoms with van der Waals surface area (Å²) in [6, 6.07) is 6.89. The van der Waals surface area contributed by atoms with Crippen LogP contribution in [0, 0.1) is 12.8 Å². The van der Waals surface area contributed by atoms with Crippen LogP contribution in [0.3, 0.4) is 0 Å². The Morgan fingerprint density at radius 2 is 1.82 bits per heavy atom. The van der Waals surface area contributed by atoms with Crippen LogP contribution in [0.2, 0.25) is 0 Å². The van der Waals surface area contributed by atoms with Crippen molar-refractivity contribution >= 4 is 28.5 Å². The smallest absolute Gasteiger partial charge is 0.475 e. The number of nitrogens with one attached hydrogen (secondary N) is 2. The van der Waals surface area contributed by atoms with E-state index in [1.807, 2.05) is 19.1 Å². The number of benzene rings is 1. The normalized spacial score (nSPS) is 14.9. The molecule has 2 aromatic rings. The Hall–Kier alpha value is -2.88. The number of rotatable bonds is 2. The van der Waals surface area contributed by atoms with Crippen LogP contribution in [0.4, 0.5) is 18.9 Å². The molecule has 0 saturated carbocycles. The van der Waals surface area contributed by atoms with Crippen molar-refractivity contribution in [3.8, 4) is 0 Å². The van der Waals surface area contributed by atoms with Gasteiger partial charge in [-0.25, -0.2) is 9.59 Å². The van der Waals surface area contributed by atoms with Gasteiger partial charge in [-0.15, -0.1) is 0 Å². The molecular weight excluding hydrogens is 381 g/mol. The zero-order valence-corrected chi connectivity index (χ0v) is 14.9. The first-order chi connectivity index (χ1) is 13.1. The van der Waals surface area contributed by atoms with Crippen LogP contribution >= 0.6 is 0 Å². The zero-order valence-electron chi connectivity index (χ0n) is 14.9. The highest BCUT2D eigenvalue weighted by atomic mass is 19.4. The maximum Gasteiger partial charge on any atom is 0.490 e. The number of hydrogen-bond acceptors (Lipinski definition) is 5. The summed E-state index contributed by atoms with van der Waals surface area (Å²) in [6.45, 7) is 3.63. The van der Waals surface area contributed by atoms with Gasteiger partial charge in [0.05, 0.1) is 0 Å². The van der Waals surface area contributed by atoms with Crippen LogP contribution in [0.25, 0.3) is 11.0 Å². The first kappa shape index (κ1) is 21.4. The fourth-order valence-corrected chi connectivity index (χ4v) is 2.73. The lowest BCUT2D eigenvalue weighted by atomic mass is 9.97. The molecule has 7 nitrogen and oxygen atoms in total. The molecule has 1 aromatic carbocycles. The van der Waals surface area contributed by atoms with E-state index in [4.69, 9.17) is 14.3 Å². The number of hydrogen-bond donors (Lipinski definition) is 3. The van der Waals surface area contributed by atoms with Gasteiger partial charge in [0.15, 0.2) is 0 Å². The number of fused-ring (bicyclic) bond motifs is 1. The third-order valence-corrected chi connectivity index (χ3v) is 4.17. The third-order valence-electron chi connectivity index (χ3n) is 4.17. The van der Waals surface area contributed by atoms with Crippen molar-refractivity contribution in [1.82, 2.24) is 5.32 Å². The maximum absolute atomic E-state index is 12.2. The van der Waals surface area contributed by atoms with Crippen LogP contribution in [-0.2, 0) is 9.59 Å². The van der Waals surface area contributed by atoms with Crippen LogP contribution in [0.5, 0.6) is 0 Å². The highest BCUT2D eigenvalue weighted by molar-refractivity contribution is 5.95. The van der Waals surface area contributed by atoms with Crippen molar-refractivity contribution in [3.05, 3.63) is 40.2 Å². The van der Waals surface area contributed by atoms with Crippen LogP contribution in [0.1, 0.15) is 18.4 Å². The van der Waals surface area contributed by atoms with E-state index in [2.05, 4.69) is 10.6 Å². The quantitative estimate of drug-likeness (QED) is 0.669. The van der Waals surface area contributed by atoms with Crippen molar-refractivity contribution in [2.75, 3.05) is 18.4 Å². The molecule has 0 atom stereocenters. The molecular formula is C18H19F3N2O5. The largest absolute Gasteiger partial charge is 0.490 e. The number of alkyl halides is 3. The Morgan fingerprint density at radius 1 is 1.21 bits per heavy atom. The summed E-state index contributed by atoms with van der Waals surface area (Å²) < 4.78 is 36.9. The predicted molar refractivity (Wildman–Crippen MR) is 95.1 cm³/mol. The van der Waals surface area contributed by atoms with E-state index in [1.54, 1.807) is 6.07 Å². The maximum atomic E-state index is 12.2. The molecule has 3 N–H and O–H groups in total. The molecule has 1 saturated heterocycles. The van der Waals surface area contributed by atoms with Crippen LogP contribution in [0.15, 0.2) is 33.5 Å². The fraction of sp³-hybridized carbons (Fsp3) is 0.389. The van der Waals surface area contributed by atoms with E-state index in [-0.39, 0.29) is 17.5 Å². The number of carboxylic acid groups (broad SMARTS) is 1. The topological polar surface area (TPSA) is 109 Å². The molecule has 1 aromatic heterocycles. The Balaban J connectivity index is 0.000000345. The number of aryl methyl sites for hydroxylation is 1. The highest BCUT2D eigenvalue weighted by Crippen LogP contribution is 2.22. The SMILES string of the molecule is Cc1cc(=O)oc2cc(NC(=O)C3CCNCC3)ccc12.O=C(O)C(F)(F)F. The number of carboxylic acids is 1. The number of anilines is 1. The molecule has 1 aliphatic heterocycles. The summed E-state index contributed by atoms with van der Waals surface area (Å²) in [7, 11) is 0. The van der Waals surface area contributed by atoms with Crippen molar-refractivity contribution in [3.63, 3.8) is 0 Å². The summed E-state index contributed by atoms with van der Waals surface area (Å²) in [5.41, 5.74) is 1.67. The van der Waals surface area contributed by atoms with Gasteiger partial charge < -0.3 is 20.2 Å². The number of piperidine rings is 1. The minimum Gasteiger partial charge on any atom is -0.475 e. The Kier molecular flexibility index (Phi) is 6.79. The second-order valence-electron chi connectivity index (χ2n) is 6.28. The lowest BCUT2D eigenvalue weighted by molar-refractivity contribution is -0.192. The molecule has 2 heterocycles. The van der Waals surface area contributed by atoms with Crippen molar-refractivity contribution in [1.29, 1.82) is 0 Å². The molecule has 152 valence electrons. The lowest BCUT2D eigenvalue weighted by Crippen LogP contribution is -2.34. The predicted octanol–water partition coefficient (Wildman–Crippen LogP) is 2.67. The Labute approximate surface area is 157 Å². The molecule has 0 bridgehead atoms. The zero-order chi connectivity index (χ0) is 20.9. The Morgan fingerprint density at radius 3 is 2.39 bits per heavy atom. The van der Waals surface area contributed by atoms with Gasteiger partial charge in [-0.2, -0.15) is 13.2 Å². The standard InChI is InChI=1S/C16H18N2O3.C2HF3O2/c1-10-8-15(19)21-14-9-12(2-3-13(10)14)18-16(20)11-4-6-17-7-5-11;3-2(4,5)1(6)7/h2-3,8-9,11,17H,4-7H2,1H3,(H,18,20);(H,6,7). The van der Waals surface area contributed by atoms with Gasteiger partial charge in [-0.3, -0.25) is 4.79 Å². The summed E-state index contributed by atoms with van der Waals surface area (Å²) in [6.07, 6.45) is -3.37. The fourth-order valence-electron chi connectivity index (χ4n) is 2.73. The first-order valence-corrected chi connectivity index (χ1v) is 8.44. The average Bonchev–Trinajstić information content (AvgIpc) is 2.61. The molecule has 1 aliphatic rings. The molecule has 0 radical (unpaired) electrons. The minimum atomic E-state index is -5.08. The van der Waals surface area contributed by atoms with E-state index in [1.165, 1.54) is 6.07 Å². The molecule has 0 unspecified atom stereocenters. The van der Waals surface area contributed by atoms with Gasteiger partial charge in [0.1, 0.15) is 5.58 Å². The first-order valence-electron chi connectivity index (χ1n) is 8.44. The number of aliphatic carboxylic acids is 1. The van der Waals surface area contributed by atoms with Crippen LogP contribution in [-0.4, -0.2) is 36.2 Å². The molecule has 3 rings (SSSR count). The van der Waals surface area contributed by atoms with Crippen molar-refractivity contribution < 1.29 is 32.3 Å². The molecule has 0 spiro atoms. The average molecular weight is 400 g/mol. The number of amides is 1. The number of carbonyl (C=O) groups excluding carboxylic acids is 1. The molecule has 0 aliphatic carbocycles. The van der Waals surface area contributed by atoms with E-state index >= 15 is 0 Å². The summed E-state index contributed by atoms with van der Waals surface area (Å²) >= 11 is 0. The third kappa shape index (κ3) is 5.81. The number of halogens is 3. The molecule has 1 fully saturated rings. The van der Waals surface area contributed by atoms with E-state index < -0.39 is 12.1 Å². The van der Waals surface area contributed by atoms with Crippen molar-refractivity contribution in [2.45, 2.75) is 25.9 Å². The second-order valence-corrected chi connectivity index (χ2v) is 6.28. The van der Waals surface area contributed by atoms with Gasteiger partial charge in [-0.05, 0) is 50.6 Å². The Bertz CT molecular complexity index is 918.